The molecule has 0 fully saturated rings. The molecule has 0 atom stereocenters. The van der Waals surface area contributed by atoms with Crippen LogP contribution in [0.1, 0.15) is 13.3 Å². The number of nitro groups is 1. The van der Waals surface area contributed by atoms with E-state index >= 15 is 0 Å². The Bertz CT molecular complexity index is 539. The predicted molar refractivity (Wildman–Crippen MR) is 65.2 cm³/mol. The number of hydrogen-bond donors (Lipinski definition) is 1. The summed E-state index contributed by atoms with van der Waals surface area (Å²) in [5.41, 5.74) is 0.0134. The predicted octanol–water partition coefficient (Wildman–Crippen LogP) is 2.47. The van der Waals surface area contributed by atoms with Crippen molar-refractivity contribution in [1.82, 2.24) is 9.97 Å². The third-order valence-corrected chi connectivity index (χ3v) is 2.30. The molecule has 0 aliphatic heterocycles. The van der Waals surface area contributed by atoms with Crippen LogP contribution in [0.2, 0.25) is 0 Å². The van der Waals surface area contributed by atoms with Gasteiger partial charge in [-0.3, -0.25) is 10.1 Å². The molecule has 2 aromatic heterocycles. The molecule has 0 saturated heterocycles. The van der Waals surface area contributed by atoms with E-state index in [-0.39, 0.29) is 17.2 Å². The average Bonchev–Trinajstić information content (AvgIpc) is 2.89. The van der Waals surface area contributed by atoms with E-state index in [2.05, 4.69) is 15.3 Å². The minimum Gasteiger partial charge on any atom is -0.462 e. The molecule has 0 radical (unpaired) electrons. The van der Waals surface area contributed by atoms with E-state index < -0.39 is 4.92 Å². The fourth-order valence-corrected chi connectivity index (χ4v) is 1.52. The molecule has 0 spiro atoms. The molecule has 0 saturated carbocycles. The van der Waals surface area contributed by atoms with Gasteiger partial charge in [0.25, 0.3) is 0 Å². The van der Waals surface area contributed by atoms with Crippen molar-refractivity contribution >= 4 is 11.5 Å². The Balaban J connectivity index is 2.49. The summed E-state index contributed by atoms with van der Waals surface area (Å²) in [6.07, 6.45) is 3.57. The monoisotopic (exact) mass is 248 g/mol. The minimum absolute atomic E-state index is 0.166. The van der Waals surface area contributed by atoms with Crippen LogP contribution >= 0.6 is 0 Å². The number of aromatic nitrogens is 2. The Morgan fingerprint density at radius 2 is 2.33 bits per heavy atom. The van der Waals surface area contributed by atoms with Crippen molar-refractivity contribution in [3.05, 3.63) is 34.8 Å². The first-order chi connectivity index (χ1) is 8.74. The molecule has 0 unspecified atom stereocenters. The van der Waals surface area contributed by atoms with Crippen LogP contribution in [0, 0.1) is 10.1 Å². The van der Waals surface area contributed by atoms with E-state index in [0.29, 0.717) is 12.3 Å². The Hall–Kier alpha value is -2.44. The number of anilines is 1. The van der Waals surface area contributed by atoms with Gasteiger partial charge in [0.15, 0.2) is 11.5 Å². The fourth-order valence-electron chi connectivity index (χ4n) is 1.52. The zero-order valence-corrected chi connectivity index (χ0v) is 9.79. The third kappa shape index (κ3) is 2.29. The molecule has 7 heteroatoms. The third-order valence-electron chi connectivity index (χ3n) is 2.30. The Kier molecular flexibility index (Phi) is 3.52. The maximum Gasteiger partial charge on any atom is 0.340 e. The highest BCUT2D eigenvalue weighted by molar-refractivity contribution is 5.73. The summed E-state index contributed by atoms with van der Waals surface area (Å²) < 4.78 is 5.15. The van der Waals surface area contributed by atoms with Gasteiger partial charge >= 0.3 is 5.69 Å². The van der Waals surface area contributed by atoms with Crippen molar-refractivity contribution in [2.24, 2.45) is 0 Å². The highest BCUT2D eigenvalue weighted by atomic mass is 16.6. The Morgan fingerprint density at radius 3 is 2.94 bits per heavy atom. The molecule has 0 aromatic carbocycles. The van der Waals surface area contributed by atoms with Gasteiger partial charge in [-0.05, 0) is 18.6 Å². The summed E-state index contributed by atoms with van der Waals surface area (Å²) in [6.45, 7) is 2.57. The van der Waals surface area contributed by atoms with Gasteiger partial charge in [-0.2, -0.15) is 0 Å². The van der Waals surface area contributed by atoms with E-state index in [0.717, 1.165) is 6.42 Å². The highest BCUT2D eigenvalue weighted by Crippen LogP contribution is 2.32. The maximum atomic E-state index is 11.1. The summed E-state index contributed by atoms with van der Waals surface area (Å²) in [4.78, 5) is 18.5. The Morgan fingerprint density at radius 1 is 1.50 bits per heavy atom. The van der Waals surface area contributed by atoms with Crippen molar-refractivity contribution in [2.75, 3.05) is 11.9 Å². The summed E-state index contributed by atoms with van der Waals surface area (Å²) in [5, 5.41) is 14.1. The summed E-state index contributed by atoms with van der Waals surface area (Å²) in [5.74, 6) is 0.562. The lowest BCUT2D eigenvalue weighted by Gasteiger charge is -2.06. The normalized spacial score (nSPS) is 10.3. The summed E-state index contributed by atoms with van der Waals surface area (Å²) in [7, 11) is 0. The number of hydrogen-bond acceptors (Lipinski definition) is 6. The molecule has 94 valence electrons. The molecule has 0 aliphatic rings. The van der Waals surface area contributed by atoms with E-state index in [9.17, 15) is 10.1 Å². The van der Waals surface area contributed by atoms with Crippen molar-refractivity contribution in [3.8, 4) is 11.5 Å². The lowest BCUT2D eigenvalue weighted by Crippen LogP contribution is -2.07. The molecule has 2 heterocycles. The lowest BCUT2D eigenvalue weighted by molar-refractivity contribution is -0.383. The highest BCUT2D eigenvalue weighted by Gasteiger charge is 2.25. The smallest absolute Gasteiger partial charge is 0.340 e. The SMILES string of the molecule is CCCNc1ncnc(-c2ccco2)c1[N+](=O)[O-]. The minimum atomic E-state index is -0.504. The number of nitrogens with zero attached hydrogens (tertiary/aromatic N) is 3. The molecule has 18 heavy (non-hydrogen) atoms. The molecule has 2 rings (SSSR count). The number of rotatable bonds is 5. The fraction of sp³-hybridized carbons (Fsp3) is 0.273. The van der Waals surface area contributed by atoms with E-state index in [1.54, 1.807) is 12.1 Å². The van der Waals surface area contributed by atoms with E-state index in [1.165, 1.54) is 12.6 Å². The second-order valence-corrected chi connectivity index (χ2v) is 3.58. The van der Waals surface area contributed by atoms with Crippen molar-refractivity contribution in [2.45, 2.75) is 13.3 Å². The number of furan rings is 1. The topological polar surface area (TPSA) is 94.1 Å². The zero-order valence-electron chi connectivity index (χ0n) is 9.79. The first-order valence-corrected chi connectivity index (χ1v) is 5.51. The Labute approximate surface area is 103 Å². The van der Waals surface area contributed by atoms with Gasteiger partial charge in [-0.1, -0.05) is 6.92 Å². The molecule has 7 nitrogen and oxygen atoms in total. The molecular formula is C11H12N4O3. The largest absolute Gasteiger partial charge is 0.462 e. The van der Waals surface area contributed by atoms with Gasteiger partial charge in [0.1, 0.15) is 6.33 Å². The lowest BCUT2D eigenvalue weighted by atomic mass is 10.2. The molecule has 1 N–H and O–H groups in total. The second-order valence-electron chi connectivity index (χ2n) is 3.58. The van der Waals surface area contributed by atoms with Crippen molar-refractivity contribution in [1.29, 1.82) is 0 Å². The molecule has 2 aromatic rings. The summed E-state index contributed by atoms with van der Waals surface area (Å²) in [6, 6.07) is 3.28. The van der Waals surface area contributed by atoms with Crippen LogP contribution in [0.5, 0.6) is 0 Å². The van der Waals surface area contributed by atoms with E-state index in [1.807, 2.05) is 6.92 Å². The van der Waals surface area contributed by atoms with Crippen LogP contribution < -0.4 is 5.32 Å². The first-order valence-electron chi connectivity index (χ1n) is 5.51. The molecule has 0 aliphatic carbocycles. The van der Waals surface area contributed by atoms with Crippen LogP contribution in [0.15, 0.2) is 29.1 Å². The van der Waals surface area contributed by atoms with Crippen molar-refractivity contribution in [3.63, 3.8) is 0 Å². The van der Waals surface area contributed by atoms with Gasteiger partial charge in [0.2, 0.25) is 5.82 Å². The zero-order chi connectivity index (χ0) is 13.0. The van der Waals surface area contributed by atoms with Crippen LogP contribution in [-0.4, -0.2) is 21.4 Å². The van der Waals surface area contributed by atoms with Gasteiger partial charge in [-0.25, -0.2) is 9.97 Å². The quantitative estimate of drug-likeness (QED) is 0.645. The average molecular weight is 248 g/mol. The maximum absolute atomic E-state index is 11.1. The van der Waals surface area contributed by atoms with Gasteiger partial charge in [0, 0.05) is 6.54 Å². The van der Waals surface area contributed by atoms with Crippen LogP contribution in [0.4, 0.5) is 11.5 Å². The molecule has 0 amide bonds. The molecule has 0 bridgehead atoms. The van der Waals surface area contributed by atoms with Gasteiger partial charge in [-0.15, -0.1) is 0 Å². The number of nitrogens with one attached hydrogen (secondary N) is 1. The van der Waals surface area contributed by atoms with E-state index in [4.69, 9.17) is 4.42 Å². The van der Waals surface area contributed by atoms with Crippen LogP contribution in [0.25, 0.3) is 11.5 Å². The van der Waals surface area contributed by atoms with Crippen molar-refractivity contribution < 1.29 is 9.34 Å². The summed E-state index contributed by atoms with van der Waals surface area (Å²) >= 11 is 0. The second kappa shape index (κ2) is 5.26. The first kappa shape index (κ1) is 12.0. The van der Waals surface area contributed by atoms with Crippen LogP contribution in [-0.2, 0) is 0 Å². The standard InChI is InChI=1S/C11H12N4O3/c1-2-5-12-11-10(15(16)17)9(13-7-14-11)8-4-3-6-18-8/h3-4,6-7H,2,5H2,1H3,(H,12,13,14). The van der Waals surface area contributed by atoms with Gasteiger partial charge in [0.05, 0.1) is 11.2 Å². The van der Waals surface area contributed by atoms with Gasteiger partial charge < -0.3 is 9.73 Å². The molecular weight excluding hydrogens is 236 g/mol. The van der Waals surface area contributed by atoms with Crippen LogP contribution in [0.3, 0.4) is 0 Å².